The molecule has 0 atom stereocenters. The molecule has 6 heteroatoms. The van der Waals surface area contributed by atoms with Gasteiger partial charge in [0.05, 0.1) is 18.5 Å². The van der Waals surface area contributed by atoms with Gasteiger partial charge in [0.1, 0.15) is 11.4 Å². The molecule has 1 aliphatic carbocycles. The Hall–Kier alpha value is -3.02. The van der Waals surface area contributed by atoms with Crippen molar-refractivity contribution in [2.45, 2.75) is 65.8 Å². The summed E-state index contributed by atoms with van der Waals surface area (Å²) in [4.78, 5) is 21.3. The van der Waals surface area contributed by atoms with Crippen molar-refractivity contribution in [2.75, 3.05) is 31.6 Å². The van der Waals surface area contributed by atoms with Crippen molar-refractivity contribution >= 4 is 22.8 Å². The maximum Gasteiger partial charge on any atom is 0.324 e. The monoisotopic (exact) mass is 476 g/mol. The molecule has 0 aliphatic heterocycles. The Balaban J connectivity index is 1.66. The van der Waals surface area contributed by atoms with Gasteiger partial charge in [-0.2, -0.15) is 0 Å². The predicted molar refractivity (Wildman–Crippen MR) is 143 cm³/mol. The Kier molecular flexibility index (Phi) is 8.32. The predicted octanol–water partition coefficient (Wildman–Crippen LogP) is 6.50. The summed E-state index contributed by atoms with van der Waals surface area (Å²) in [5.74, 6) is 1.61. The first-order chi connectivity index (χ1) is 17.0. The van der Waals surface area contributed by atoms with Crippen molar-refractivity contribution in [2.24, 2.45) is 5.92 Å². The molecule has 2 aromatic heterocycles. The lowest BCUT2D eigenvalue weighted by Gasteiger charge is -2.26. The lowest BCUT2D eigenvalue weighted by molar-refractivity contribution is 0.211. The van der Waals surface area contributed by atoms with Gasteiger partial charge >= 0.3 is 6.03 Å². The number of pyridine rings is 1. The van der Waals surface area contributed by atoms with Crippen LogP contribution in [-0.4, -0.2) is 47.2 Å². The summed E-state index contributed by atoms with van der Waals surface area (Å²) >= 11 is 0. The van der Waals surface area contributed by atoms with E-state index in [1.54, 1.807) is 4.90 Å². The zero-order valence-corrected chi connectivity index (χ0v) is 21.8. The van der Waals surface area contributed by atoms with Crippen LogP contribution in [0, 0.1) is 5.92 Å². The minimum Gasteiger partial charge on any atom is -0.494 e. The molecule has 3 aromatic rings. The Bertz CT molecular complexity index is 1110. The molecule has 35 heavy (non-hydrogen) atoms. The number of hydrogen-bond acceptors (Lipinski definition) is 3. The number of aromatic nitrogens is 2. The maximum absolute atomic E-state index is 12.9. The van der Waals surface area contributed by atoms with E-state index in [4.69, 9.17) is 9.72 Å². The highest BCUT2D eigenvalue weighted by molar-refractivity contribution is 5.93. The fourth-order valence-corrected chi connectivity index (χ4v) is 5.25. The average molecular weight is 477 g/mol. The standard InChI is InChI=1S/C29H40N4O2/c1-5-32(6-2)29(34)31(4)26-19-24-18-25(17-22-13-15-27(16-14-22)35-7-3)33(28(24)30-20-26)21-23-11-9-8-10-12-23/h13-16,18-20,23H,5-12,17,21H2,1-4H3. The van der Waals surface area contributed by atoms with E-state index in [1.165, 1.54) is 43.4 Å². The summed E-state index contributed by atoms with van der Waals surface area (Å²) in [6.45, 7) is 9.10. The van der Waals surface area contributed by atoms with Crippen molar-refractivity contribution in [3.05, 3.63) is 53.9 Å². The first kappa shape index (κ1) is 25.1. The highest BCUT2D eigenvalue weighted by atomic mass is 16.5. The number of amides is 2. The van der Waals surface area contributed by atoms with E-state index < -0.39 is 0 Å². The molecule has 2 heterocycles. The Labute approximate surface area is 209 Å². The van der Waals surface area contributed by atoms with Crippen molar-refractivity contribution in [3.63, 3.8) is 0 Å². The zero-order valence-electron chi connectivity index (χ0n) is 21.8. The van der Waals surface area contributed by atoms with Crippen molar-refractivity contribution < 1.29 is 9.53 Å². The molecule has 1 aromatic carbocycles. The van der Waals surface area contributed by atoms with E-state index in [2.05, 4.69) is 41.0 Å². The molecule has 0 spiro atoms. The van der Waals surface area contributed by atoms with E-state index in [0.717, 1.165) is 35.4 Å². The van der Waals surface area contributed by atoms with Gasteiger partial charge in [-0.05, 0) is 69.4 Å². The fraction of sp³-hybridized carbons (Fsp3) is 0.517. The van der Waals surface area contributed by atoms with Crippen LogP contribution in [0.15, 0.2) is 42.6 Å². The van der Waals surface area contributed by atoms with Crippen LogP contribution in [0.3, 0.4) is 0 Å². The van der Waals surface area contributed by atoms with Gasteiger partial charge in [0, 0.05) is 44.2 Å². The SMILES string of the molecule is CCOc1ccc(Cc2cc3cc(N(C)C(=O)N(CC)CC)cnc3n2CC2CCCCC2)cc1. The third kappa shape index (κ3) is 5.80. The van der Waals surface area contributed by atoms with Crippen LogP contribution in [0.1, 0.15) is 64.1 Å². The minimum absolute atomic E-state index is 0.00685. The molecule has 0 saturated heterocycles. The van der Waals surface area contributed by atoms with Crippen LogP contribution >= 0.6 is 0 Å². The van der Waals surface area contributed by atoms with Gasteiger partial charge in [-0.25, -0.2) is 9.78 Å². The molecule has 188 valence electrons. The van der Waals surface area contributed by atoms with Gasteiger partial charge in [0.15, 0.2) is 0 Å². The number of carbonyl (C=O) groups is 1. The molecule has 4 rings (SSSR count). The Morgan fingerprint density at radius 1 is 1.06 bits per heavy atom. The first-order valence-corrected chi connectivity index (χ1v) is 13.3. The van der Waals surface area contributed by atoms with Crippen LogP contribution in [0.25, 0.3) is 11.0 Å². The first-order valence-electron chi connectivity index (χ1n) is 13.3. The lowest BCUT2D eigenvalue weighted by atomic mass is 9.89. The largest absolute Gasteiger partial charge is 0.494 e. The van der Waals surface area contributed by atoms with Crippen molar-refractivity contribution in [3.8, 4) is 5.75 Å². The quantitative estimate of drug-likeness (QED) is 0.354. The summed E-state index contributed by atoms with van der Waals surface area (Å²) in [5.41, 5.74) is 4.38. The molecule has 1 saturated carbocycles. The second kappa shape index (κ2) is 11.6. The summed E-state index contributed by atoms with van der Waals surface area (Å²) < 4.78 is 8.05. The highest BCUT2D eigenvalue weighted by Crippen LogP contribution is 2.30. The number of rotatable bonds is 9. The van der Waals surface area contributed by atoms with Gasteiger partial charge in [0.2, 0.25) is 0 Å². The van der Waals surface area contributed by atoms with Crippen LogP contribution in [0.2, 0.25) is 0 Å². The molecule has 1 fully saturated rings. The number of hydrogen-bond donors (Lipinski definition) is 0. The normalized spacial score (nSPS) is 14.3. The number of fused-ring (bicyclic) bond motifs is 1. The molecular formula is C29H40N4O2. The van der Waals surface area contributed by atoms with Crippen LogP contribution in [0.5, 0.6) is 5.75 Å². The van der Waals surface area contributed by atoms with Gasteiger partial charge < -0.3 is 14.2 Å². The van der Waals surface area contributed by atoms with E-state index in [1.807, 2.05) is 38.9 Å². The third-order valence-electron chi connectivity index (χ3n) is 7.30. The smallest absolute Gasteiger partial charge is 0.324 e. The molecule has 0 bridgehead atoms. The van der Waals surface area contributed by atoms with Gasteiger partial charge in [-0.15, -0.1) is 0 Å². The maximum atomic E-state index is 12.9. The Morgan fingerprint density at radius 3 is 2.43 bits per heavy atom. The number of anilines is 1. The van der Waals surface area contributed by atoms with Crippen LogP contribution in [0.4, 0.5) is 10.5 Å². The summed E-state index contributed by atoms with van der Waals surface area (Å²) in [6, 6.07) is 12.8. The third-order valence-corrected chi connectivity index (χ3v) is 7.30. The van der Waals surface area contributed by atoms with E-state index in [9.17, 15) is 4.79 Å². The highest BCUT2D eigenvalue weighted by Gasteiger charge is 2.21. The second-order valence-electron chi connectivity index (χ2n) is 9.62. The number of carbonyl (C=O) groups excluding carboxylic acids is 1. The molecule has 0 unspecified atom stereocenters. The summed E-state index contributed by atoms with van der Waals surface area (Å²) in [6.07, 6.45) is 9.29. The number of urea groups is 1. The fourth-order valence-electron chi connectivity index (χ4n) is 5.25. The molecule has 0 N–H and O–H groups in total. The van der Waals surface area contributed by atoms with Crippen molar-refractivity contribution in [1.29, 1.82) is 0 Å². The topological polar surface area (TPSA) is 50.6 Å². The summed E-state index contributed by atoms with van der Waals surface area (Å²) in [5, 5.41) is 1.10. The van der Waals surface area contributed by atoms with Gasteiger partial charge in [-0.1, -0.05) is 31.4 Å². The van der Waals surface area contributed by atoms with E-state index in [-0.39, 0.29) is 6.03 Å². The zero-order chi connectivity index (χ0) is 24.8. The molecule has 2 amide bonds. The van der Waals surface area contributed by atoms with E-state index >= 15 is 0 Å². The lowest BCUT2D eigenvalue weighted by Crippen LogP contribution is -2.41. The molecular weight excluding hydrogens is 436 g/mol. The van der Waals surface area contributed by atoms with Crippen LogP contribution in [-0.2, 0) is 13.0 Å². The molecule has 6 nitrogen and oxygen atoms in total. The molecule has 1 aliphatic rings. The average Bonchev–Trinajstić information content (AvgIpc) is 3.22. The number of nitrogens with zero attached hydrogens (tertiary/aromatic N) is 4. The summed E-state index contributed by atoms with van der Waals surface area (Å²) in [7, 11) is 1.84. The van der Waals surface area contributed by atoms with Gasteiger partial charge in [-0.3, -0.25) is 4.90 Å². The number of benzene rings is 1. The van der Waals surface area contributed by atoms with Gasteiger partial charge in [0.25, 0.3) is 0 Å². The number of ether oxygens (including phenoxy) is 1. The minimum atomic E-state index is 0.00685. The van der Waals surface area contributed by atoms with E-state index in [0.29, 0.717) is 25.6 Å². The molecule has 0 radical (unpaired) electrons. The van der Waals surface area contributed by atoms with Crippen LogP contribution < -0.4 is 9.64 Å². The second-order valence-corrected chi connectivity index (χ2v) is 9.62. The Morgan fingerprint density at radius 2 is 1.77 bits per heavy atom. The van der Waals surface area contributed by atoms with Crippen molar-refractivity contribution in [1.82, 2.24) is 14.5 Å².